The number of hydrogen-bond acceptors (Lipinski definition) is 5. The number of rotatable bonds is 2. The second-order valence-electron chi connectivity index (χ2n) is 7.48. The summed E-state index contributed by atoms with van der Waals surface area (Å²) in [6.45, 7) is 1.95. The molecule has 0 bridgehead atoms. The van der Waals surface area contributed by atoms with Gasteiger partial charge in [-0.1, -0.05) is 30.3 Å². The van der Waals surface area contributed by atoms with Crippen LogP contribution < -0.4 is 4.90 Å². The van der Waals surface area contributed by atoms with Crippen molar-refractivity contribution in [2.45, 2.75) is 24.6 Å². The first-order valence-electron chi connectivity index (χ1n) is 9.32. The van der Waals surface area contributed by atoms with Crippen LogP contribution in [-0.4, -0.2) is 39.9 Å². The summed E-state index contributed by atoms with van der Waals surface area (Å²) in [5, 5.41) is 7.72. The van der Waals surface area contributed by atoms with Crippen LogP contribution in [0.4, 0.5) is 19.1 Å². The first-order chi connectivity index (χ1) is 14.0. The molecule has 0 unspecified atom stereocenters. The Balaban J connectivity index is 1.47. The number of aromatic nitrogens is 4. The lowest BCUT2D eigenvalue weighted by molar-refractivity contribution is -0.141. The smallest absolute Gasteiger partial charge is 0.376 e. The number of nitrogens with one attached hydrogen (secondary N) is 1. The standard InChI is InChI=1S/C20H18F3N5O/c21-20(22,23)15-6-8-24-18(25-15)28-9-7-19(11-28)12-29-10-14-16(26-27-17(14)19)13-4-2-1-3-5-13/h1-6,8H,7,9-12H2,(H,26,27)/t19-/m0/s1. The molecule has 29 heavy (non-hydrogen) atoms. The normalized spacial score (nSPS) is 21.6. The highest BCUT2D eigenvalue weighted by atomic mass is 19.4. The van der Waals surface area contributed by atoms with Crippen LogP contribution in [0, 0.1) is 0 Å². The molecular formula is C20H18F3N5O. The Kier molecular flexibility index (Phi) is 4.09. The van der Waals surface area contributed by atoms with Crippen LogP contribution in [0.25, 0.3) is 11.3 Å². The van der Waals surface area contributed by atoms with Gasteiger partial charge < -0.3 is 9.64 Å². The molecule has 5 rings (SSSR count). The Hall–Kier alpha value is -2.94. The summed E-state index contributed by atoms with van der Waals surface area (Å²) in [6.07, 6.45) is -2.62. The number of benzene rings is 1. The second-order valence-corrected chi connectivity index (χ2v) is 7.48. The third-order valence-corrected chi connectivity index (χ3v) is 5.64. The molecule has 150 valence electrons. The Morgan fingerprint density at radius 3 is 2.76 bits per heavy atom. The van der Waals surface area contributed by atoms with Gasteiger partial charge in [-0.05, 0) is 12.5 Å². The summed E-state index contributed by atoms with van der Waals surface area (Å²) in [5.74, 6) is 0.0895. The van der Waals surface area contributed by atoms with E-state index in [2.05, 4.69) is 20.2 Å². The van der Waals surface area contributed by atoms with Crippen molar-refractivity contribution in [3.63, 3.8) is 0 Å². The summed E-state index contributed by atoms with van der Waals surface area (Å²) in [5.41, 5.74) is 2.56. The van der Waals surface area contributed by atoms with Crippen LogP contribution in [0.2, 0.25) is 0 Å². The lowest BCUT2D eigenvalue weighted by Gasteiger charge is -2.33. The molecular weight excluding hydrogens is 383 g/mol. The van der Waals surface area contributed by atoms with Crippen LogP contribution in [0.3, 0.4) is 0 Å². The quantitative estimate of drug-likeness (QED) is 0.711. The minimum atomic E-state index is -4.50. The van der Waals surface area contributed by atoms with E-state index in [0.29, 0.717) is 26.3 Å². The number of hydrogen-bond donors (Lipinski definition) is 1. The van der Waals surface area contributed by atoms with Gasteiger partial charge in [0.1, 0.15) is 5.69 Å². The van der Waals surface area contributed by atoms with Crippen molar-refractivity contribution < 1.29 is 17.9 Å². The van der Waals surface area contributed by atoms with Gasteiger partial charge >= 0.3 is 6.18 Å². The van der Waals surface area contributed by atoms with Crippen molar-refractivity contribution in [1.82, 2.24) is 20.2 Å². The fourth-order valence-electron chi connectivity index (χ4n) is 4.22. The van der Waals surface area contributed by atoms with Crippen LogP contribution >= 0.6 is 0 Å². The molecule has 0 amide bonds. The van der Waals surface area contributed by atoms with Crippen molar-refractivity contribution in [3.8, 4) is 11.3 Å². The summed E-state index contributed by atoms with van der Waals surface area (Å²) >= 11 is 0. The number of nitrogens with zero attached hydrogens (tertiary/aromatic N) is 4. The summed E-state index contributed by atoms with van der Waals surface area (Å²) in [6, 6.07) is 10.7. The van der Waals surface area contributed by atoms with E-state index < -0.39 is 11.9 Å². The Labute approximate surface area is 164 Å². The van der Waals surface area contributed by atoms with Gasteiger partial charge in [0.2, 0.25) is 5.95 Å². The van der Waals surface area contributed by atoms with Gasteiger partial charge in [0, 0.05) is 30.4 Å². The third kappa shape index (κ3) is 3.05. The number of halogens is 3. The maximum absolute atomic E-state index is 13.0. The molecule has 2 aliphatic heterocycles. The van der Waals surface area contributed by atoms with E-state index in [0.717, 1.165) is 41.2 Å². The van der Waals surface area contributed by atoms with Gasteiger partial charge in [-0.2, -0.15) is 18.3 Å². The van der Waals surface area contributed by atoms with E-state index in [1.165, 1.54) is 0 Å². The number of fused-ring (bicyclic) bond motifs is 2. The average molecular weight is 401 g/mol. The monoisotopic (exact) mass is 401 g/mol. The van der Waals surface area contributed by atoms with Gasteiger partial charge in [0.05, 0.1) is 30.0 Å². The van der Waals surface area contributed by atoms with Gasteiger partial charge in [0.15, 0.2) is 0 Å². The van der Waals surface area contributed by atoms with E-state index in [-0.39, 0.29) is 11.4 Å². The van der Waals surface area contributed by atoms with Crippen LogP contribution in [0.1, 0.15) is 23.4 Å². The SMILES string of the molecule is FC(F)(F)c1ccnc(N2CC[C@@]3(COCc4c(-c5ccccc5)n[nH]c43)C2)n1. The van der Waals surface area contributed by atoms with E-state index in [4.69, 9.17) is 4.74 Å². The summed E-state index contributed by atoms with van der Waals surface area (Å²) < 4.78 is 45.0. The first kappa shape index (κ1) is 18.1. The van der Waals surface area contributed by atoms with E-state index >= 15 is 0 Å². The molecule has 1 fully saturated rings. The lowest BCUT2D eigenvalue weighted by Crippen LogP contribution is -2.40. The predicted molar refractivity (Wildman–Crippen MR) is 99.2 cm³/mol. The molecule has 2 aliphatic rings. The maximum atomic E-state index is 13.0. The number of ether oxygens (including phenoxy) is 1. The molecule has 1 aromatic carbocycles. The highest BCUT2D eigenvalue weighted by molar-refractivity contribution is 5.65. The van der Waals surface area contributed by atoms with Crippen molar-refractivity contribution >= 4 is 5.95 Å². The molecule has 1 spiro atoms. The maximum Gasteiger partial charge on any atom is 0.433 e. The third-order valence-electron chi connectivity index (χ3n) is 5.64. The highest BCUT2D eigenvalue weighted by Crippen LogP contribution is 2.42. The molecule has 6 nitrogen and oxygen atoms in total. The number of H-pyrrole nitrogens is 1. The molecule has 3 aromatic rings. The summed E-state index contributed by atoms with van der Waals surface area (Å²) in [4.78, 5) is 9.59. The van der Waals surface area contributed by atoms with Crippen molar-refractivity contribution in [3.05, 3.63) is 59.5 Å². The van der Waals surface area contributed by atoms with Crippen molar-refractivity contribution in [2.24, 2.45) is 0 Å². The van der Waals surface area contributed by atoms with Crippen molar-refractivity contribution in [2.75, 3.05) is 24.6 Å². The van der Waals surface area contributed by atoms with Crippen LogP contribution in [-0.2, 0) is 22.9 Å². The van der Waals surface area contributed by atoms with E-state index in [1.54, 1.807) is 4.90 Å². The second kappa shape index (κ2) is 6.55. The van der Waals surface area contributed by atoms with Crippen LogP contribution in [0.15, 0.2) is 42.6 Å². The minimum Gasteiger partial charge on any atom is -0.376 e. The Bertz CT molecular complexity index is 1040. The Morgan fingerprint density at radius 1 is 1.14 bits per heavy atom. The zero-order valence-electron chi connectivity index (χ0n) is 15.4. The molecule has 0 radical (unpaired) electrons. The zero-order chi connectivity index (χ0) is 20.1. The molecule has 0 saturated carbocycles. The fourth-order valence-corrected chi connectivity index (χ4v) is 4.22. The van der Waals surface area contributed by atoms with Gasteiger partial charge in [-0.3, -0.25) is 5.10 Å². The Morgan fingerprint density at radius 2 is 1.97 bits per heavy atom. The molecule has 4 heterocycles. The molecule has 1 saturated heterocycles. The van der Waals surface area contributed by atoms with E-state index in [9.17, 15) is 13.2 Å². The molecule has 9 heteroatoms. The predicted octanol–water partition coefficient (Wildman–Crippen LogP) is 3.56. The lowest BCUT2D eigenvalue weighted by atomic mass is 9.80. The summed E-state index contributed by atoms with van der Waals surface area (Å²) in [7, 11) is 0. The first-order valence-corrected chi connectivity index (χ1v) is 9.32. The topological polar surface area (TPSA) is 66.9 Å². The molecule has 1 N–H and O–H groups in total. The number of alkyl halides is 3. The minimum absolute atomic E-state index is 0.0895. The molecule has 1 atom stereocenters. The van der Waals surface area contributed by atoms with Gasteiger partial charge in [0.25, 0.3) is 0 Å². The number of aromatic amines is 1. The van der Waals surface area contributed by atoms with Crippen LogP contribution in [0.5, 0.6) is 0 Å². The highest BCUT2D eigenvalue weighted by Gasteiger charge is 2.46. The number of anilines is 1. The molecule has 0 aliphatic carbocycles. The van der Waals surface area contributed by atoms with E-state index in [1.807, 2.05) is 30.3 Å². The molecule has 2 aromatic heterocycles. The van der Waals surface area contributed by atoms with Gasteiger partial charge in [-0.15, -0.1) is 0 Å². The van der Waals surface area contributed by atoms with Gasteiger partial charge in [-0.25, -0.2) is 9.97 Å². The largest absolute Gasteiger partial charge is 0.433 e. The fraction of sp³-hybridized carbons (Fsp3) is 0.350. The zero-order valence-corrected chi connectivity index (χ0v) is 15.4. The van der Waals surface area contributed by atoms with Crippen molar-refractivity contribution in [1.29, 1.82) is 0 Å². The average Bonchev–Trinajstić information content (AvgIpc) is 3.34.